The van der Waals surface area contributed by atoms with E-state index in [9.17, 15) is 18.9 Å². The number of nitrogens with two attached hydrogens (primary N) is 1. The number of benzene rings is 3. The maximum atomic E-state index is 15.3. The van der Waals surface area contributed by atoms with Gasteiger partial charge in [0.2, 0.25) is 0 Å². The van der Waals surface area contributed by atoms with E-state index in [1.165, 1.54) is 33.1 Å². The molecule has 3 aromatic rings. The van der Waals surface area contributed by atoms with Crippen LogP contribution in [0.2, 0.25) is 0 Å². The van der Waals surface area contributed by atoms with Gasteiger partial charge in [-0.2, -0.15) is 8.78 Å². The van der Waals surface area contributed by atoms with Crippen molar-refractivity contribution in [3.8, 4) is 5.75 Å². The molecule has 0 unspecified atom stereocenters. The summed E-state index contributed by atoms with van der Waals surface area (Å²) in [7, 11) is -3.57. The van der Waals surface area contributed by atoms with Gasteiger partial charge in [0.25, 0.3) is 5.91 Å². The molecule has 0 aromatic heterocycles. The lowest BCUT2D eigenvalue weighted by Crippen LogP contribution is -2.61. The molecule has 3 N–H and O–H groups in total. The number of carbonyl (C=O) groups is 3. The van der Waals surface area contributed by atoms with Crippen molar-refractivity contribution < 1.29 is 51.0 Å². The number of para-hydroxylation sites is 1. The molecule has 3 aromatic carbocycles. The van der Waals surface area contributed by atoms with E-state index >= 15 is 8.78 Å². The molecule has 14 heteroatoms. The van der Waals surface area contributed by atoms with Gasteiger partial charge < -0.3 is 34.3 Å². The molecule has 0 saturated heterocycles. The molecule has 0 spiro atoms. The van der Waals surface area contributed by atoms with Crippen molar-refractivity contribution in [3.63, 3.8) is 0 Å². The molecule has 0 bridgehead atoms. The van der Waals surface area contributed by atoms with E-state index < -0.39 is 42.2 Å². The highest BCUT2D eigenvalue weighted by Crippen LogP contribution is 2.66. The SMILES string of the molecule is CCOP(=O)(OCC)C(F)(F)c1ccc(C[C@](N)(C(=O)NCCCCOc2ccccc2C(=O)OC)C(=O)OCc2ccccc2)cc1. The van der Waals surface area contributed by atoms with Gasteiger partial charge in [0.15, 0.2) is 5.54 Å². The van der Waals surface area contributed by atoms with Crippen LogP contribution in [-0.2, 0) is 51.4 Å². The lowest BCUT2D eigenvalue weighted by molar-refractivity contribution is -0.155. The largest absolute Gasteiger partial charge is 0.493 e. The fraction of sp³-hybridized carbons (Fsp3) is 0.382. The van der Waals surface area contributed by atoms with Crippen molar-refractivity contribution in [3.05, 3.63) is 101 Å². The minimum absolute atomic E-state index is 0.126. The lowest BCUT2D eigenvalue weighted by Gasteiger charge is -2.27. The van der Waals surface area contributed by atoms with Gasteiger partial charge in [-0.1, -0.05) is 66.7 Å². The standard InChI is InChI=1S/C34H41F2N2O9P/c1-4-46-48(42,47-5-2)34(35,36)27-19-17-25(18-20-27)23-33(37,32(41)45-24-26-13-7-6-8-14-26)31(40)38-21-11-12-22-44-29-16-10-9-15-28(29)30(39)43-3/h6-10,13-20H,4-5,11-12,21-24,37H2,1-3H3,(H,38,40)/t33-/m0/s1. The number of hydrogen-bond acceptors (Lipinski definition) is 10. The number of halogens is 2. The molecule has 1 amide bonds. The first-order chi connectivity index (χ1) is 22.9. The average Bonchev–Trinajstić information content (AvgIpc) is 3.09. The Labute approximate surface area is 278 Å². The van der Waals surface area contributed by atoms with Gasteiger partial charge in [-0.05, 0) is 49.9 Å². The summed E-state index contributed by atoms with van der Waals surface area (Å²) < 4.78 is 69.0. The van der Waals surface area contributed by atoms with E-state index in [-0.39, 0.29) is 50.5 Å². The quantitative estimate of drug-likeness (QED) is 0.0689. The molecule has 1 atom stereocenters. The molecule has 3 rings (SSSR count). The monoisotopic (exact) mass is 690 g/mol. The van der Waals surface area contributed by atoms with Gasteiger partial charge in [0, 0.05) is 18.5 Å². The number of methoxy groups -OCH3 is 1. The van der Waals surface area contributed by atoms with Gasteiger partial charge in [0.05, 0.1) is 26.9 Å². The molecule has 0 saturated carbocycles. The highest BCUT2D eigenvalue weighted by Gasteiger charge is 2.54. The zero-order valence-corrected chi connectivity index (χ0v) is 28.0. The Balaban J connectivity index is 1.70. The number of amides is 1. The van der Waals surface area contributed by atoms with Crippen molar-refractivity contribution in [2.24, 2.45) is 5.73 Å². The van der Waals surface area contributed by atoms with Crippen molar-refractivity contribution in [1.29, 1.82) is 0 Å². The minimum Gasteiger partial charge on any atom is -0.493 e. The Bertz CT molecular complexity index is 1550. The molecule has 48 heavy (non-hydrogen) atoms. The summed E-state index contributed by atoms with van der Waals surface area (Å²) in [5.41, 5.74) is 0.841. The Morgan fingerprint density at radius 1 is 0.854 bits per heavy atom. The normalized spacial score (nSPS) is 12.9. The van der Waals surface area contributed by atoms with E-state index in [1.54, 1.807) is 54.6 Å². The summed E-state index contributed by atoms with van der Waals surface area (Å²) >= 11 is 0. The molecular formula is C34H41F2N2O9P. The number of rotatable bonds is 19. The predicted octanol–water partition coefficient (Wildman–Crippen LogP) is 5.75. The number of alkyl halides is 2. The number of hydrogen-bond donors (Lipinski definition) is 2. The first-order valence-electron chi connectivity index (χ1n) is 15.4. The molecule has 0 aliphatic carbocycles. The molecule has 11 nitrogen and oxygen atoms in total. The van der Waals surface area contributed by atoms with Crippen molar-refractivity contribution >= 4 is 25.4 Å². The second-order valence-electron chi connectivity index (χ2n) is 10.6. The number of unbranched alkanes of at least 4 members (excludes halogenated alkanes) is 1. The summed E-state index contributed by atoms with van der Waals surface area (Å²) in [6.45, 7) is 2.55. The molecule has 0 fully saturated rings. The van der Waals surface area contributed by atoms with Crippen LogP contribution in [0.3, 0.4) is 0 Å². The van der Waals surface area contributed by atoms with Crippen LogP contribution in [0.4, 0.5) is 8.78 Å². The maximum absolute atomic E-state index is 15.3. The highest BCUT2D eigenvalue weighted by molar-refractivity contribution is 7.54. The summed E-state index contributed by atoms with van der Waals surface area (Å²) in [6.07, 6.45) is 0.528. The zero-order chi connectivity index (χ0) is 35.2. The Morgan fingerprint density at radius 3 is 2.10 bits per heavy atom. The topological polar surface area (TPSA) is 152 Å². The van der Waals surface area contributed by atoms with Gasteiger partial charge in [-0.25, -0.2) is 9.59 Å². The zero-order valence-electron chi connectivity index (χ0n) is 27.1. The summed E-state index contributed by atoms with van der Waals surface area (Å²) in [4.78, 5) is 38.7. The fourth-order valence-electron chi connectivity index (χ4n) is 4.58. The molecule has 260 valence electrons. The number of nitrogens with one attached hydrogen (secondary N) is 1. The second kappa shape index (κ2) is 17.8. The van der Waals surface area contributed by atoms with Crippen molar-refractivity contribution in [2.45, 2.75) is 50.9 Å². The Kier molecular flexibility index (Phi) is 14.2. The number of esters is 2. The smallest absolute Gasteiger partial charge is 0.404 e. The van der Waals surface area contributed by atoms with Crippen LogP contribution in [0.5, 0.6) is 5.75 Å². The van der Waals surface area contributed by atoms with Crippen LogP contribution in [0.1, 0.15) is 53.7 Å². The van der Waals surface area contributed by atoms with E-state index in [1.807, 2.05) is 0 Å². The predicted molar refractivity (Wildman–Crippen MR) is 174 cm³/mol. The maximum Gasteiger partial charge on any atom is 0.404 e. The summed E-state index contributed by atoms with van der Waals surface area (Å²) in [5, 5.41) is 2.66. The van der Waals surface area contributed by atoms with Gasteiger partial charge in [-0.15, -0.1) is 0 Å². The number of carbonyl (C=O) groups excluding carboxylic acids is 3. The summed E-state index contributed by atoms with van der Waals surface area (Å²) in [5.74, 6) is -2.02. The van der Waals surface area contributed by atoms with E-state index in [0.29, 0.717) is 24.2 Å². The Hall–Kier alpha value is -4.16. The lowest BCUT2D eigenvalue weighted by atomic mass is 9.90. The van der Waals surface area contributed by atoms with Crippen LogP contribution >= 0.6 is 7.60 Å². The van der Waals surface area contributed by atoms with E-state index in [0.717, 1.165) is 12.1 Å². The Morgan fingerprint density at radius 2 is 1.48 bits per heavy atom. The fourth-order valence-corrected chi connectivity index (χ4v) is 6.12. The average molecular weight is 691 g/mol. The third-order valence-corrected chi connectivity index (χ3v) is 9.26. The molecule has 0 aliphatic heterocycles. The van der Waals surface area contributed by atoms with Crippen molar-refractivity contribution in [2.75, 3.05) is 33.5 Å². The van der Waals surface area contributed by atoms with Crippen LogP contribution in [-0.4, -0.2) is 56.9 Å². The number of ether oxygens (including phenoxy) is 3. The first kappa shape index (κ1) is 38.3. The van der Waals surface area contributed by atoms with E-state index in [2.05, 4.69) is 5.32 Å². The van der Waals surface area contributed by atoms with Crippen LogP contribution in [0.15, 0.2) is 78.9 Å². The molecule has 0 aliphatic rings. The summed E-state index contributed by atoms with van der Waals surface area (Å²) in [6, 6.07) is 20.0. The molecule has 0 heterocycles. The molecule has 0 radical (unpaired) electrons. The first-order valence-corrected chi connectivity index (χ1v) is 16.9. The van der Waals surface area contributed by atoms with Crippen molar-refractivity contribution in [1.82, 2.24) is 5.32 Å². The van der Waals surface area contributed by atoms with Gasteiger partial charge in [-0.3, -0.25) is 9.36 Å². The van der Waals surface area contributed by atoms with Crippen LogP contribution in [0.25, 0.3) is 0 Å². The third-order valence-electron chi connectivity index (χ3n) is 7.12. The highest BCUT2D eigenvalue weighted by atomic mass is 31.2. The van der Waals surface area contributed by atoms with E-state index in [4.69, 9.17) is 29.0 Å². The molecular weight excluding hydrogens is 649 g/mol. The van der Waals surface area contributed by atoms with Crippen LogP contribution < -0.4 is 15.8 Å². The van der Waals surface area contributed by atoms with Crippen LogP contribution in [0, 0.1) is 0 Å². The minimum atomic E-state index is -4.84. The van der Waals surface area contributed by atoms with Gasteiger partial charge >= 0.3 is 25.2 Å². The second-order valence-corrected chi connectivity index (χ2v) is 12.7. The van der Waals surface area contributed by atoms with Gasteiger partial charge in [0.1, 0.15) is 17.9 Å². The third kappa shape index (κ3) is 9.70.